The molecule has 0 radical (unpaired) electrons. The van der Waals surface area contributed by atoms with Crippen LogP contribution in [0.15, 0.2) is 0 Å². The smallest absolute Gasteiger partial charge is 0.223 e. The monoisotopic (exact) mass is 220 g/mol. The Bertz CT molecular complexity index is 185. The molecule has 1 amide bonds. The van der Waals surface area contributed by atoms with Crippen LogP contribution in [0, 0.1) is 5.92 Å². The van der Waals surface area contributed by atoms with E-state index in [2.05, 4.69) is 5.32 Å². The average Bonchev–Trinajstić information content (AvgIpc) is 2.03. The van der Waals surface area contributed by atoms with Gasteiger partial charge in [0.15, 0.2) is 0 Å². The van der Waals surface area contributed by atoms with Gasteiger partial charge in [-0.1, -0.05) is 6.42 Å². The minimum absolute atomic E-state index is 0. The molecule has 0 aromatic heterocycles. The van der Waals surface area contributed by atoms with E-state index in [-0.39, 0.29) is 36.3 Å². The van der Waals surface area contributed by atoms with Gasteiger partial charge >= 0.3 is 0 Å². The van der Waals surface area contributed by atoms with Crippen molar-refractivity contribution in [2.24, 2.45) is 11.7 Å². The molecular formula is C10H21ClN2O. The number of amides is 1. The lowest BCUT2D eigenvalue weighted by atomic mass is 9.85. The van der Waals surface area contributed by atoms with E-state index >= 15 is 0 Å². The second kappa shape index (κ2) is 6.25. The SMILES string of the molecule is CC(C)NC(=O)C1CCCC(N)C1.Cl. The van der Waals surface area contributed by atoms with Gasteiger partial charge in [-0.3, -0.25) is 4.79 Å². The predicted molar refractivity (Wildman–Crippen MR) is 60.5 cm³/mol. The fourth-order valence-corrected chi connectivity index (χ4v) is 1.87. The van der Waals surface area contributed by atoms with Crippen molar-refractivity contribution in [2.45, 2.75) is 51.6 Å². The van der Waals surface area contributed by atoms with Crippen LogP contribution in [-0.2, 0) is 4.79 Å². The van der Waals surface area contributed by atoms with E-state index in [1.165, 1.54) is 0 Å². The minimum Gasteiger partial charge on any atom is -0.354 e. The zero-order valence-corrected chi connectivity index (χ0v) is 9.77. The fourth-order valence-electron chi connectivity index (χ4n) is 1.87. The van der Waals surface area contributed by atoms with Gasteiger partial charge in [0.1, 0.15) is 0 Å². The van der Waals surface area contributed by atoms with E-state index in [0.29, 0.717) is 0 Å². The Morgan fingerprint density at radius 3 is 2.57 bits per heavy atom. The number of nitrogens with two attached hydrogens (primary N) is 1. The van der Waals surface area contributed by atoms with Gasteiger partial charge in [0, 0.05) is 18.0 Å². The Balaban J connectivity index is 0.00000169. The highest BCUT2D eigenvalue weighted by Crippen LogP contribution is 2.23. The summed E-state index contributed by atoms with van der Waals surface area (Å²) in [5.74, 6) is 0.344. The number of halogens is 1. The maximum absolute atomic E-state index is 11.6. The molecule has 1 rings (SSSR count). The van der Waals surface area contributed by atoms with E-state index in [4.69, 9.17) is 5.73 Å². The first-order valence-electron chi connectivity index (χ1n) is 5.15. The van der Waals surface area contributed by atoms with Crippen LogP contribution in [0.2, 0.25) is 0 Å². The number of carbonyl (C=O) groups is 1. The van der Waals surface area contributed by atoms with E-state index in [9.17, 15) is 4.79 Å². The van der Waals surface area contributed by atoms with Crippen molar-refractivity contribution in [3.8, 4) is 0 Å². The standard InChI is InChI=1S/C10H20N2O.ClH/c1-7(2)12-10(13)8-4-3-5-9(11)6-8;/h7-9H,3-6,11H2,1-2H3,(H,12,13);1H. The zero-order valence-electron chi connectivity index (χ0n) is 8.95. The summed E-state index contributed by atoms with van der Waals surface area (Å²) in [4.78, 5) is 11.6. The highest BCUT2D eigenvalue weighted by atomic mass is 35.5. The van der Waals surface area contributed by atoms with E-state index in [1.54, 1.807) is 0 Å². The average molecular weight is 221 g/mol. The third kappa shape index (κ3) is 4.29. The maximum Gasteiger partial charge on any atom is 0.223 e. The topological polar surface area (TPSA) is 55.1 Å². The zero-order chi connectivity index (χ0) is 9.84. The first kappa shape index (κ1) is 13.7. The van der Waals surface area contributed by atoms with Crippen LogP contribution in [0.4, 0.5) is 0 Å². The molecule has 3 nitrogen and oxygen atoms in total. The number of hydrogen-bond donors (Lipinski definition) is 2. The van der Waals surface area contributed by atoms with Crippen molar-refractivity contribution in [3.05, 3.63) is 0 Å². The van der Waals surface area contributed by atoms with Gasteiger partial charge in [-0.25, -0.2) is 0 Å². The lowest BCUT2D eigenvalue weighted by molar-refractivity contribution is -0.126. The van der Waals surface area contributed by atoms with Crippen LogP contribution in [0.1, 0.15) is 39.5 Å². The quantitative estimate of drug-likeness (QED) is 0.740. The molecule has 0 heterocycles. The van der Waals surface area contributed by atoms with Crippen LogP contribution in [-0.4, -0.2) is 18.0 Å². The molecule has 0 aromatic rings. The molecule has 84 valence electrons. The van der Waals surface area contributed by atoms with Gasteiger partial charge < -0.3 is 11.1 Å². The highest BCUT2D eigenvalue weighted by molar-refractivity contribution is 5.85. The summed E-state index contributed by atoms with van der Waals surface area (Å²) in [5, 5.41) is 2.94. The lowest BCUT2D eigenvalue weighted by Crippen LogP contribution is -2.40. The number of nitrogens with one attached hydrogen (secondary N) is 1. The molecule has 3 N–H and O–H groups in total. The predicted octanol–water partition coefficient (Wildman–Crippen LogP) is 1.45. The van der Waals surface area contributed by atoms with Gasteiger partial charge in [-0.05, 0) is 33.1 Å². The maximum atomic E-state index is 11.6. The Morgan fingerprint density at radius 1 is 1.43 bits per heavy atom. The fraction of sp³-hybridized carbons (Fsp3) is 0.900. The molecule has 2 atom stereocenters. The van der Waals surface area contributed by atoms with Crippen molar-refractivity contribution >= 4 is 18.3 Å². The van der Waals surface area contributed by atoms with Gasteiger partial charge in [-0.2, -0.15) is 0 Å². The van der Waals surface area contributed by atoms with Gasteiger partial charge in [-0.15, -0.1) is 12.4 Å². The molecule has 0 spiro atoms. The van der Waals surface area contributed by atoms with Crippen molar-refractivity contribution < 1.29 is 4.79 Å². The molecule has 1 aliphatic rings. The third-order valence-electron chi connectivity index (χ3n) is 2.52. The highest BCUT2D eigenvalue weighted by Gasteiger charge is 2.25. The Kier molecular flexibility index (Phi) is 6.12. The van der Waals surface area contributed by atoms with E-state index in [0.717, 1.165) is 25.7 Å². The first-order valence-corrected chi connectivity index (χ1v) is 5.15. The molecule has 0 bridgehead atoms. The largest absolute Gasteiger partial charge is 0.354 e. The number of hydrogen-bond acceptors (Lipinski definition) is 2. The molecule has 0 saturated heterocycles. The summed E-state index contributed by atoms with van der Waals surface area (Å²) in [5.41, 5.74) is 5.81. The Labute approximate surface area is 92.2 Å². The van der Waals surface area contributed by atoms with Crippen molar-refractivity contribution in [1.29, 1.82) is 0 Å². The summed E-state index contributed by atoms with van der Waals surface area (Å²) in [6.45, 7) is 3.97. The Hall–Kier alpha value is -0.280. The molecule has 1 saturated carbocycles. The summed E-state index contributed by atoms with van der Waals surface area (Å²) in [7, 11) is 0. The van der Waals surface area contributed by atoms with Crippen LogP contribution in [0.3, 0.4) is 0 Å². The second-order valence-electron chi connectivity index (χ2n) is 4.29. The normalized spacial score (nSPS) is 26.9. The van der Waals surface area contributed by atoms with Crippen molar-refractivity contribution in [3.63, 3.8) is 0 Å². The molecule has 0 aromatic carbocycles. The molecule has 2 unspecified atom stereocenters. The molecule has 1 aliphatic carbocycles. The lowest BCUT2D eigenvalue weighted by Gasteiger charge is -2.26. The van der Waals surface area contributed by atoms with Crippen molar-refractivity contribution in [1.82, 2.24) is 5.32 Å². The van der Waals surface area contributed by atoms with Crippen molar-refractivity contribution in [2.75, 3.05) is 0 Å². The molecule has 0 aliphatic heterocycles. The van der Waals surface area contributed by atoms with Gasteiger partial charge in [0.25, 0.3) is 0 Å². The number of rotatable bonds is 2. The summed E-state index contributed by atoms with van der Waals surface area (Å²) in [6, 6.07) is 0.474. The van der Waals surface area contributed by atoms with Crippen LogP contribution < -0.4 is 11.1 Å². The minimum atomic E-state index is 0. The molecule has 14 heavy (non-hydrogen) atoms. The van der Waals surface area contributed by atoms with Gasteiger partial charge in [0.05, 0.1) is 0 Å². The first-order chi connectivity index (χ1) is 6.09. The summed E-state index contributed by atoms with van der Waals surface area (Å²) < 4.78 is 0. The second-order valence-corrected chi connectivity index (χ2v) is 4.29. The summed E-state index contributed by atoms with van der Waals surface area (Å²) >= 11 is 0. The van der Waals surface area contributed by atoms with Crippen LogP contribution in [0.5, 0.6) is 0 Å². The molecular weight excluding hydrogens is 200 g/mol. The van der Waals surface area contributed by atoms with Crippen LogP contribution in [0.25, 0.3) is 0 Å². The van der Waals surface area contributed by atoms with E-state index < -0.39 is 0 Å². The van der Waals surface area contributed by atoms with Gasteiger partial charge in [0.2, 0.25) is 5.91 Å². The van der Waals surface area contributed by atoms with E-state index in [1.807, 2.05) is 13.8 Å². The van der Waals surface area contributed by atoms with Crippen LogP contribution >= 0.6 is 12.4 Å². The molecule has 4 heteroatoms. The Morgan fingerprint density at radius 2 is 2.07 bits per heavy atom. The number of carbonyl (C=O) groups excluding carboxylic acids is 1. The third-order valence-corrected chi connectivity index (χ3v) is 2.52. The molecule has 1 fully saturated rings. The summed E-state index contributed by atoms with van der Waals surface area (Å²) in [6.07, 6.45) is 4.04.